The second-order valence-corrected chi connectivity index (χ2v) is 4.88. The molecular formula is C14H25N3O2. The molecule has 1 aliphatic heterocycles. The number of nitrogens with zero attached hydrogens (tertiary/aromatic N) is 2. The molecule has 108 valence electrons. The molecule has 5 heteroatoms. The van der Waals surface area contributed by atoms with Crippen molar-refractivity contribution < 1.29 is 9.47 Å². The van der Waals surface area contributed by atoms with Crippen molar-refractivity contribution in [1.29, 1.82) is 0 Å². The SMILES string of the molecule is CCCNC(Cc1nccn1CC)C1COCCO1. The number of aryl methyl sites for hydroxylation is 1. The van der Waals surface area contributed by atoms with Crippen LogP contribution < -0.4 is 5.32 Å². The summed E-state index contributed by atoms with van der Waals surface area (Å²) >= 11 is 0. The molecule has 0 spiro atoms. The van der Waals surface area contributed by atoms with Crippen molar-refractivity contribution in [2.75, 3.05) is 26.4 Å². The van der Waals surface area contributed by atoms with Gasteiger partial charge in [-0.1, -0.05) is 6.92 Å². The van der Waals surface area contributed by atoms with Crippen molar-refractivity contribution >= 4 is 0 Å². The van der Waals surface area contributed by atoms with Crippen LogP contribution in [-0.4, -0.2) is 48.1 Å². The predicted octanol–water partition coefficient (Wildman–Crippen LogP) is 1.23. The molecule has 0 bridgehead atoms. The van der Waals surface area contributed by atoms with Gasteiger partial charge in [0.1, 0.15) is 5.82 Å². The van der Waals surface area contributed by atoms with Gasteiger partial charge in [-0.15, -0.1) is 0 Å². The van der Waals surface area contributed by atoms with Gasteiger partial charge in [0.15, 0.2) is 0 Å². The third-order valence-corrected chi connectivity index (χ3v) is 3.49. The van der Waals surface area contributed by atoms with Crippen molar-refractivity contribution in [1.82, 2.24) is 14.9 Å². The third-order valence-electron chi connectivity index (χ3n) is 3.49. The van der Waals surface area contributed by atoms with Gasteiger partial charge in [-0.2, -0.15) is 0 Å². The lowest BCUT2D eigenvalue weighted by molar-refractivity contribution is -0.101. The molecule has 0 aliphatic carbocycles. The van der Waals surface area contributed by atoms with Gasteiger partial charge in [-0.05, 0) is 19.9 Å². The van der Waals surface area contributed by atoms with Gasteiger partial charge in [0.2, 0.25) is 0 Å². The van der Waals surface area contributed by atoms with Gasteiger partial charge < -0.3 is 19.4 Å². The topological polar surface area (TPSA) is 48.3 Å². The summed E-state index contributed by atoms with van der Waals surface area (Å²) in [5.74, 6) is 1.12. The summed E-state index contributed by atoms with van der Waals surface area (Å²) in [7, 11) is 0. The molecule has 2 rings (SSSR count). The van der Waals surface area contributed by atoms with Crippen molar-refractivity contribution in [3.05, 3.63) is 18.2 Å². The quantitative estimate of drug-likeness (QED) is 0.807. The Labute approximate surface area is 115 Å². The molecule has 1 aromatic heterocycles. The van der Waals surface area contributed by atoms with Gasteiger partial charge in [0, 0.05) is 31.4 Å². The second kappa shape index (κ2) is 7.62. The summed E-state index contributed by atoms with van der Waals surface area (Å²) in [6, 6.07) is 0.271. The number of hydrogen-bond donors (Lipinski definition) is 1. The standard InChI is InChI=1S/C14H25N3O2/c1-3-5-15-12(13-11-18-8-9-19-13)10-14-16-6-7-17(14)4-2/h6-7,12-13,15H,3-5,8-11H2,1-2H3. The van der Waals surface area contributed by atoms with Crippen molar-refractivity contribution in [3.8, 4) is 0 Å². The zero-order chi connectivity index (χ0) is 13.5. The van der Waals surface area contributed by atoms with Gasteiger partial charge in [0.25, 0.3) is 0 Å². The zero-order valence-electron chi connectivity index (χ0n) is 12.0. The van der Waals surface area contributed by atoms with Crippen LogP contribution in [0.4, 0.5) is 0 Å². The number of nitrogens with one attached hydrogen (secondary N) is 1. The summed E-state index contributed by atoms with van der Waals surface area (Å²) in [5.41, 5.74) is 0. The monoisotopic (exact) mass is 267 g/mol. The summed E-state index contributed by atoms with van der Waals surface area (Å²) in [6.07, 6.45) is 6.03. The molecule has 0 amide bonds. The summed E-state index contributed by atoms with van der Waals surface area (Å²) in [5, 5.41) is 3.57. The Hall–Kier alpha value is -0.910. The molecule has 5 nitrogen and oxygen atoms in total. The molecule has 1 aromatic rings. The van der Waals surface area contributed by atoms with Crippen LogP contribution in [0.15, 0.2) is 12.4 Å². The molecule has 0 saturated carbocycles. The Kier molecular flexibility index (Phi) is 5.82. The first-order chi connectivity index (χ1) is 9.35. The maximum absolute atomic E-state index is 5.83. The highest BCUT2D eigenvalue weighted by Gasteiger charge is 2.26. The van der Waals surface area contributed by atoms with E-state index in [2.05, 4.69) is 28.7 Å². The Morgan fingerprint density at radius 1 is 1.47 bits per heavy atom. The summed E-state index contributed by atoms with van der Waals surface area (Å²) < 4.78 is 13.5. The third kappa shape index (κ3) is 4.03. The van der Waals surface area contributed by atoms with Crippen LogP contribution in [0.5, 0.6) is 0 Å². The van der Waals surface area contributed by atoms with Crippen LogP contribution in [-0.2, 0) is 22.4 Å². The smallest absolute Gasteiger partial charge is 0.110 e. The minimum atomic E-state index is 0.127. The molecule has 1 aliphatic rings. The van der Waals surface area contributed by atoms with Gasteiger partial charge >= 0.3 is 0 Å². The fourth-order valence-corrected chi connectivity index (χ4v) is 2.42. The highest BCUT2D eigenvalue weighted by atomic mass is 16.6. The Morgan fingerprint density at radius 2 is 2.37 bits per heavy atom. The van der Waals surface area contributed by atoms with Gasteiger partial charge in [-0.3, -0.25) is 0 Å². The number of ether oxygens (including phenoxy) is 2. The predicted molar refractivity (Wildman–Crippen MR) is 74.2 cm³/mol. The Morgan fingerprint density at radius 3 is 3.05 bits per heavy atom. The van der Waals surface area contributed by atoms with E-state index in [-0.39, 0.29) is 12.1 Å². The lowest BCUT2D eigenvalue weighted by Gasteiger charge is -2.31. The van der Waals surface area contributed by atoms with Crippen LogP contribution in [0.3, 0.4) is 0 Å². The van der Waals surface area contributed by atoms with E-state index < -0.39 is 0 Å². The normalized spacial score (nSPS) is 21.5. The molecule has 2 heterocycles. The average Bonchev–Trinajstić information content (AvgIpc) is 2.91. The zero-order valence-corrected chi connectivity index (χ0v) is 12.0. The fraction of sp³-hybridized carbons (Fsp3) is 0.786. The number of aromatic nitrogens is 2. The average molecular weight is 267 g/mol. The number of imidazole rings is 1. The maximum Gasteiger partial charge on any atom is 0.110 e. The molecule has 2 atom stereocenters. The van der Waals surface area contributed by atoms with E-state index >= 15 is 0 Å². The molecule has 0 radical (unpaired) electrons. The van der Waals surface area contributed by atoms with Crippen LogP contribution in [0.1, 0.15) is 26.1 Å². The number of hydrogen-bond acceptors (Lipinski definition) is 4. The first-order valence-electron chi connectivity index (χ1n) is 7.27. The van der Waals surface area contributed by atoms with Crippen molar-refractivity contribution in [3.63, 3.8) is 0 Å². The lowest BCUT2D eigenvalue weighted by atomic mass is 10.1. The minimum absolute atomic E-state index is 0.127. The van der Waals surface area contributed by atoms with E-state index in [0.717, 1.165) is 31.8 Å². The van der Waals surface area contributed by atoms with Crippen molar-refractivity contribution in [2.45, 2.75) is 45.4 Å². The second-order valence-electron chi connectivity index (χ2n) is 4.88. The van der Waals surface area contributed by atoms with Gasteiger partial charge in [0.05, 0.1) is 25.9 Å². The minimum Gasteiger partial charge on any atom is -0.376 e. The van der Waals surface area contributed by atoms with E-state index in [9.17, 15) is 0 Å². The van der Waals surface area contributed by atoms with Gasteiger partial charge in [-0.25, -0.2) is 4.98 Å². The molecule has 1 N–H and O–H groups in total. The van der Waals surface area contributed by atoms with E-state index in [0.29, 0.717) is 19.8 Å². The molecule has 1 saturated heterocycles. The highest BCUT2D eigenvalue weighted by Crippen LogP contribution is 2.11. The number of rotatable bonds is 7. The first-order valence-corrected chi connectivity index (χ1v) is 7.27. The fourth-order valence-electron chi connectivity index (χ4n) is 2.42. The Balaban J connectivity index is 1.99. The van der Waals surface area contributed by atoms with Crippen LogP contribution >= 0.6 is 0 Å². The molecular weight excluding hydrogens is 242 g/mol. The molecule has 19 heavy (non-hydrogen) atoms. The van der Waals surface area contributed by atoms with E-state index in [1.54, 1.807) is 0 Å². The maximum atomic E-state index is 5.83. The first kappa shape index (κ1) is 14.5. The highest BCUT2D eigenvalue weighted by molar-refractivity contribution is 4.97. The van der Waals surface area contributed by atoms with Crippen molar-refractivity contribution in [2.24, 2.45) is 0 Å². The van der Waals surface area contributed by atoms with Crippen LogP contribution in [0.25, 0.3) is 0 Å². The van der Waals surface area contributed by atoms with E-state index in [4.69, 9.17) is 9.47 Å². The summed E-state index contributed by atoms with van der Waals surface area (Å²) in [6.45, 7) is 8.34. The largest absolute Gasteiger partial charge is 0.376 e. The molecule has 0 aromatic carbocycles. The van der Waals surface area contributed by atoms with E-state index in [1.807, 2.05) is 12.4 Å². The van der Waals surface area contributed by atoms with E-state index in [1.165, 1.54) is 0 Å². The molecule has 2 unspecified atom stereocenters. The molecule has 1 fully saturated rings. The Bertz CT molecular complexity index is 361. The lowest BCUT2D eigenvalue weighted by Crippen LogP contribution is -2.48. The van der Waals surface area contributed by atoms with Crippen LogP contribution in [0.2, 0.25) is 0 Å². The summed E-state index contributed by atoms with van der Waals surface area (Å²) in [4.78, 5) is 4.46. The van der Waals surface area contributed by atoms with Crippen LogP contribution in [0, 0.1) is 0 Å².